The molecule has 0 unspecified atom stereocenters. The zero-order chi connectivity index (χ0) is 14.5. The Morgan fingerprint density at radius 3 is 2.63 bits per heavy atom. The van der Waals surface area contributed by atoms with Gasteiger partial charge >= 0.3 is 12.1 Å². The normalized spacial score (nSPS) is 11.8. The SMILES string of the molecule is CCCc1nc(C(F)(F)F)ccc1/C=C/C(=O)OC. The van der Waals surface area contributed by atoms with Gasteiger partial charge in [0.05, 0.1) is 7.11 Å². The molecule has 0 saturated heterocycles. The summed E-state index contributed by atoms with van der Waals surface area (Å²) in [5.41, 5.74) is -0.121. The number of nitrogens with zero attached hydrogens (tertiary/aromatic N) is 1. The van der Waals surface area contributed by atoms with Crippen LogP contribution in [0, 0.1) is 0 Å². The van der Waals surface area contributed by atoms with E-state index in [9.17, 15) is 18.0 Å². The minimum absolute atomic E-state index is 0.317. The fourth-order valence-electron chi connectivity index (χ4n) is 1.48. The van der Waals surface area contributed by atoms with E-state index in [2.05, 4.69) is 9.72 Å². The predicted molar refractivity (Wildman–Crippen MR) is 64.3 cm³/mol. The molecular formula is C13H14F3NO2. The van der Waals surface area contributed by atoms with Crippen molar-refractivity contribution in [2.45, 2.75) is 25.9 Å². The highest BCUT2D eigenvalue weighted by Crippen LogP contribution is 2.28. The highest BCUT2D eigenvalue weighted by atomic mass is 19.4. The van der Waals surface area contributed by atoms with Gasteiger partial charge in [-0.2, -0.15) is 13.2 Å². The predicted octanol–water partition coefficient (Wildman–Crippen LogP) is 3.24. The first kappa shape index (κ1) is 15.2. The van der Waals surface area contributed by atoms with Crippen LogP contribution in [0.5, 0.6) is 0 Å². The Morgan fingerprint density at radius 1 is 1.42 bits per heavy atom. The summed E-state index contributed by atoms with van der Waals surface area (Å²) in [5, 5.41) is 0. The van der Waals surface area contributed by atoms with Crippen LogP contribution in [0.2, 0.25) is 0 Å². The lowest BCUT2D eigenvalue weighted by molar-refractivity contribution is -0.141. The first-order valence-corrected chi connectivity index (χ1v) is 5.71. The second-order valence-electron chi connectivity index (χ2n) is 3.84. The summed E-state index contributed by atoms with van der Waals surface area (Å²) < 4.78 is 42.1. The molecule has 0 aliphatic carbocycles. The van der Waals surface area contributed by atoms with Crippen LogP contribution in [0.3, 0.4) is 0 Å². The number of aromatic nitrogens is 1. The molecule has 1 aromatic rings. The number of pyridine rings is 1. The van der Waals surface area contributed by atoms with E-state index in [1.807, 2.05) is 6.92 Å². The lowest BCUT2D eigenvalue weighted by atomic mass is 10.1. The Bertz CT molecular complexity index is 481. The monoisotopic (exact) mass is 273 g/mol. The van der Waals surface area contributed by atoms with E-state index < -0.39 is 17.8 Å². The van der Waals surface area contributed by atoms with Crippen molar-refractivity contribution in [3.8, 4) is 0 Å². The molecule has 0 bridgehead atoms. The van der Waals surface area contributed by atoms with Crippen molar-refractivity contribution in [2.24, 2.45) is 0 Å². The number of rotatable bonds is 4. The van der Waals surface area contributed by atoms with Gasteiger partial charge in [0.15, 0.2) is 0 Å². The van der Waals surface area contributed by atoms with Crippen molar-refractivity contribution in [3.63, 3.8) is 0 Å². The summed E-state index contributed by atoms with van der Waals surface area (Å²) >= 11 is 0. The van der Waals surface area contributed by atoms with Gasteiger partial charge in [-0.1, -0.05) is 19.4 Å². The molecule has 19 heavy (non-hydrogen) atoms. The van der Waals surface area contributed by atoms with Gasteiger partial charge in [0, 0.05) is 11.8 Å². The third-order valence-corrected chi connectivity index (χ3v) is 2.39. The van der Waals surface area contributed by atoms with Crippen LogP contribution in [0.15, 0.2) is 18.2 Å². The van der Waals surface area contributed by atoms with E-state index in [1.54, 1.807) is 0 Å². The van der Waals surface area contributed by atoms with Crippen molar-refractivity contribution < 1.29 is 22.7 Å². The second kappa shape index (κ2) is 6.36. The average molecular weight is 273 g/mol. The van der Waals surface area contributed by atoms with Gasteiger partial charge < -0.3 is 4.74 Å². The molecule has 3 nitrogen and oxygen atoms in total. The highest BCUT2D eigenvalue weighted by molar-refractivity contribution is 5.87. The number of carbonyl (C=O) groups excluding carboxylic acids is 1. The molecule has 0 radical (unpaired) electrons. The third-order valence-electron chi connectivity index (χ3n) is 2.39. The van der Waals surface area contributed by atoms with Gasteiger partial charge in [-0.3, -0.25) is 0 Å². The zero-order valence-corrected chi connectivity index (χ0v) is 10.6. The molecule has 0 spiro atoms. The Labute approximate surface area is 109 Å². The molecule has 0 amide bonds. The van der Waals surface area contributed by atoms with E-state index in [-0.39, 0.29) is 0 Å². The van der Waals surface area contributed by atoms with Gasteiger partial charge in [-0.15, -0.1) is 0 Å². The summed E-state index contributed by atoms with van der Waals surface area (Å²) in [6.45, 7) is 1.84. The maximum Gasteiger partial charge on any atom is 0.433 e. The molecule has 0 aliphatic heterocycles. The van der Waals surface area contributed by atoms with E-state index in [0.29, 0.717) is 24.1 Å². The summed E-state index contributed by atoms with van der Waals surface area (Å²) in [6.07, 6.45) is -0.835. The first-order valence-electron chi connectivity index (χ1n) is 5.71. The van der Waals surface area contributed by atoms with Crippen LogP contribution in [0.1, 0.15) is 30.3 Å². The van der Waals surface area contributed by atoms with Crippen LogP contribution in [0.4, 0.5) is 13.2 Å². The Balaban J connectivity index is 3.11. The van der Waals surface area contributed by atoms with Crippen LogP contribution in [0.25, 0.3) is 6.08 Å². The number of hydrogen-bond donors (Lipinski definition) is 0. The number of methoxy groups -OCH3 is 1. The number of aryl methyl sites for hydroxylation is 1. The van der Waals surface area contributed by atoms with Gasteiger partial charge in [0.2, 0.25) is 0 Å². The smallest absolute Gasteiger partial charge is 0.433 e. The van der Waals surface area contributed by atoms with Crippen LogP contribution in [-0.4, -0.2) is 18.1 Å². The Kier molecular flexibility index (Phi) is 5.09. The van der Waals surface area contributed by atoms with E-state index in [4.69, 9.17) is 0 Å². The Hall–Kier alpha value is -1.85. The standard InChI is InChI=1S/C13H14F3NO2/c1-3-4-10-9(6-8-12(18)19-2)5-7-11(17-10)13(14,15)16/h5-8H,3-4H2,1-2H3/b8-6+. The second-order valence-corrected chi connectivity index (χ2v) is 3.84. The van der Waals surface area contributed by atoms with Crippen molar-refractivity contribution >= 4 is 12.0 Å². The van der Waals surface area contributed by atoms with Gasteiger partial charge in [0.1, 0.15) is 5.69 Å². The molecule has 0 fully saturated rings. The molecular weight excluding hydrogens is 259 g/mol. The summed E-state index contributed by atoms with van der Waals surface area (Å²) in [4.78, 5) is 14.6. The molecule has 0 aliphatic rings. The van der Waals surface area contributed by atoms with Crippen LogP contribution < -0.4 is 0 Å². The zero-order valence-electron chi connectivity index (χ0n) is 10.6. The molecule has 6 heteroatoms. The maximum atomic E-state index is 12.6. The molecule has 1 rings (SSSR count). The largest absolute Gasteiger partial charge is 0.466 e. The number of hydrogen-bond acceptors (Lipinski definition) is 3. The Morgan fingerprint density at radius 2 is 2.11 bits per heavy atom. The summed E-state index contributed by atoms with van der Waals surface area (Å²) in [7, 11) is 1.23. The minimum atomic E-state index is -4.47. The number of carbonyl (C=O) groups is 1. The number of ether oxygens (including phenoxy) is 1. The van der Waals surface area contributed by atoms with E-state index in [0.717, 1.165) is 12.1 Å². The number of halogens is 3. The fraction of sp³-hybridized carbons (Fsp3) is 0.385. The van der Waals surface area contributed by atoms with Gasteiger partial charge in [-0.05, 0) is 24.1 Å². The van der Waals surface area contributed by atoms with Gasteiger partial charge in [-0.25, -0.2) is 9.78 Å². The topological polar surface area (TPSA) is 39.2 Å². The lowest BCUT2D eigenvalue weighted by Crippen LogP contribution is -2.10. The number of alkyl halides is 3. The third kappa shape index (κ3) is 4.39. The molecule has 0 aromatic carbocycles. The van der Waals surface area contributed by atoms with Crippen LogP contribution >= 0.6 is 0 Å². The number of esters is 1. The fourth-order valence-corrected chi connectivity index (χ4v) is 1.48. The average Bonchev–Trinajstić information content (AvgIpc) is 2.36. The first-order chi connectivity index (χ1) is 8.88. The molecule has 104 valence electrons. The molecule has 0 N–H and O–H groups in total. The van der Waals surface area contributed by atoms with Gasteiger partial charge in [0.25, 0.3) is 0 Å². The minimum Gasteiger partial charge on any atom is -0.466 e. The quantitative estimate of drug-likeness (QED) is 0.624. The van der Waals surface area contributed by atoms with Crippen molar-refractivity contribution in [1.29, 1.82) is 0 Å². The van der Waals surface area contributed by atoms with E-state index >= 15 is 0 Å². The molecule has 1 aromatic heterocycles. The van der Waals surface area contributed by atoms with Crippen LogP contribution in [-0.2, 0) is 22.1 Å². The molecule has 0 saturated carbocycles. The summed E-state index contributed by atoms with van der Waals surface area (Å²) in [6, 6.07) is 2.20. The maximum absolute atomic E-state index is 12.6. The lowest BCUT2D eigenvalue weighted by Gasteiger charge is -2.10. The van der Waals surface area contributed by atoms with Crippen molar-refractivity contribution in [2.75, 3.05) is 7.11 Å². The molecule has 1 heterocycles. The highest BCUT2D eigenvalue weighted by Gasteiger charge is 2.32. The van der Waals surface area contributed by atoms with E-state index in [1.165, 1.54) is 19.3 Å². The van der Waals surface area contributed by atoms with Crippen molar-refractivity contribution in [3.05, 3.63) is 35.2 Å². The summed E-state index contributed by atoms with van der Waals surface area (Å²) in [5.74, 6) is -0.567. The molecule has 0 atom stereocenters. The van der Waals surface area contributed by atoms with Crippen molar-refractivity contribution in [1.82, 2.24) is 4.98 Å².